The van der Waals surface area contributed by atoms with Gasteiger partial charge in [0.25, 0.3) is 0 Å². The number of aromatic nitrogens is 1. The molecule has 5 heteroatoms. The minimum Gasteiger partial charge on any atom is -0.497 e. The third-order valence-electron chi connectivity index (χ3n) is 2.73. The van der Waals surface area contributed by atoms with Crippen LogP contribution in [0.25, 0.3) is 10.8 Å². The third-order valence-corrected chi connectivity index (χ3v) is 2.89. The Morgan fingerprint density at radius 2 is 2.16 bits per heavy atom. The Balaban J connectivity index is 2.08. The fourth-order valence-electron chi connectivity index (χ4n) is 1.81. The summed E-state index contributed by atoms with van der Waals surface area (Å²) in [5, 5.41) is 5.43. The largest absolute Gasteiger partial charge is 0.497 e. The number of anilines is 1. The fraction of sp³-hybridized carbons (Fsp3) is 0.357. The predicted molar refractivity (Wildman–Crippen MR) is 78.3 cm³/mol. The quantitative estimate of drug-likeness (QED) is 0.626. The van der Waals surface area contributed by atoms with E-state index in [9.17, 15) is 0 Å². The van der Waals surface area contributed by atoms with Crippen LogP contribution in [0.15, 0.2) is 30.5 Å². The van der Waals surface area contributed by atoms with Crippen molar-refractivity contribution in [2.24, 2.45) is 0 Å². The molecule has 2 rings (SSSR count). The van der Waals surface area contributed by atoms with Gasteiger partial charge < -0.3 is 14.8 Å². The van der Waals surface area contributed by atoms with Crippen LogP contribution in [0.3, 0.4) is 0 Å². The summed E-state index contributed by atoms with van der Waals surface area (Å²) < 4.78 is 10.6. The molecule has 0 spiro atoms. The van der Waals surface area contributed by atoms with Crippen LogP contribution in [0.1, 0.15) is 0 Å². The van der Waals surface area contributed by atoms with E-state index in [1.807, 2.05) is 24.3 Å². The lowest BCUT2D eigenvalue weighted by atomic mass is 10.1. The van der Waals surface area contributed by atoms with Crippen molar-refractivity contribution in [1.29, 1.82) is 0 Å². The van der Waals surface area contributed by atoms with Gasteiger partial charge in [0.15, 0.2) is 0 Å². The van der Waals surface area contributed by atoms with Gasteiger partial charge in [-0.2, -0.15) is 0 Å². The number of nitrogens with one attached hydrogen (secondary N) is 1. The lowest BCUT2D eigenvalue weighted by Crippen LogP contribution is -2.11. The van der Waals surface area contributed by atoms with Crippen LogP contribution in [0.4, 0.5) is 5.82 Å². The second-order valence-electron chi connectivity index (χ2n) is 3.97. The molecule has 0 aliphatic rings. The highest BCUT2D eigenvalue weighted by molar-refractivity contribution is 6.17. The number of hydrogen-bond acceptors (Lipinski definition) is 4. The van der Waals surface area contributed by atoms with E-state index in [1.165, 1.54) is 0 Å². The van der Waals surface area contributed by atoms with Crippen molar-refractivity contribution in [1.82, 2.24) is 4.98 Å². The van der Waals surface area contributed by atoms with Gasteiger partial charge in [-0.25, -0.2) is 4.98 Å². The van der Waals surface area contributed by atoms with Crippen molar-refractivity contribution in [3.05, 3.63) is 30.5 Å². The first kappa shape index (κ1) is 13.9. The molecule has 0 saturated carbocycles. The summed E-state index contributed by atoms with van der Waals surface area (Å²) in [6.45, 7) is 1.87. The number of ether oxygens (including phenoxy) is 2. The Hall–Kier alpha value is -1.52. The summed E-state index contributed by atoms with van der Waals surface area (Å²) in [7, 11) is 1.66. The van der Waals surface area contributed by atoms with Gasteiger partial charge in [-0.3, -0.25) is 0 Å². The summed E-state index contributed by atoms with van der Waals surface area (Å²) in [4.78, 5) is 4.35. The summed E-state index contributed by atoms with van der Waals surface area (Å²) in [5.41, 5.74) is 0. The molecule has 1 aromatic carbocycles. The monoisotopic (exact) mass is 280 g/mol. The molecule has 1 N–H and O–H groups in total. The number of alkyl halides is 1. The predicted octanol–water partition coefficient (Wildman–Crippen LogP) is 2.91. The number of hydrogen-bond donors (Lipinski definition) is 1. The molecule has 2 aromatic rings. The van der Waals surface area contributed by atoms with E-state index in [4.69, 9.17) is 21.1 Å². The zero-order valence-electron chi connectivity index (χ0n) is 10.9. The van der Waals surface area contributed by atoms with E-state index in [1.54, 1.807) is 13.3 Å². The van der Waals surface area contributed by atoms with Gasteiger partial charge in [-0.15, -0.1) is 11.6 Å². The molecule has 0 aliphatic carbocycles. The molecule has 0 saturated heterocycles. The van der Waals surface area contributed by atoms with Crippen molar-refractivity contribution in [2.75, 3.05) is 38.1 Å². The molecule has 4 nitrogen and oxygen atoms in total. The van der Waals surface area contributed by atoms with E-state index >= 15 is 0 Å². The maximum Gasteiger partial charge on any atom is 0.134 e. The zero-order valence-corrected chi connectivity index (χ0v) is 11.6. The Bertz CT molecular complexity index is 534. The Kier molecular flexibility index (Phi) is 5.24. The Labute approximate surface area is 117 Å². The van der Waals surface area contributed by atoms with E-state index in [-0.39, 0.29) is 0 Å². The van der Waals surface area contributed by atoms with E-state index in [0.29, 0.717) is 25.6 Å². The first-order chi connectivity index (χ1) is 9.35. The SMILES string of the molecule is COc1ccc2ccnc(NCCOCCCl)c2c1. The highest BCUT2D eigenvalue weighted by Gasteiger charge is 2.03. The van der Waals surface area contributed by atoms with Crippen LogP contribution in [-0.2, 0) is 4.74 Å². The van der Waals surface area contributed by atoms with Crippen LogP contribution >= 0.6 is 11.6 Å². The second kappa shape index (κ2) is 7.16. The molecule has 19 heavy (non-hydrogen) atoms. The molecule has 0 amide bonds. The number of rotatable bonds is 7. The highest BCUT2D eigenvalue weighted by Crippen LogP contribution is 2.25. The Morgan fingerprint density at radius 3 is 2.95 bits per heavy atom. The minimum atomic E-state index is 0.518. The topological polar surface area (TPSA) is 43.4 Å². The van der Waals surface area contributed by atoms with Crippen molar-refractivity contribution >= 4 is 28.2 Å². The van der Waals surface area contributed by atoms with Gasteiger partial charge in [0.2, 0.25) is 0 Å². The zero-order chi connectivity index (χ0) is 13.5. The standard InChI is InChI=1S/C14H17ClN2O2/c1-18-12-3-2-11-4-6-16-14(13(11)10-12)17-7-9-19-8-5-15/h2-4,6,10H,5,7-9H2,1H3,(H,16,17). The van der Waals surface area contributed by atoms with Crippen molar-refractivity contribution in [2.45, 2.75) is 0 Å². The average molecular weight is 281 g/mol. The van der Waals surface area contributed by atoms with E-state index in [2.05, 4.69) is 10.3 Å². The fourth-order valence-corrected chi connectivity index (χ4v) is 1.92. The van der Waals surface area contributed by atoms with Crippen molar-refractivity contribution in [3.8, 4) is 5.75 Å². The normalized spacial score (nSPS) is 10.6. The van der Waals surface area contributed by atoms with Gasteiger partial charge in [0.05, 0.1) is 20.3 Å². The second-order valence-corrected chi connectivity index (χ2v) is 4.35. The van der Waals surface area contributed by atoms with E-state index < -0.39 is 0 Å². The van der Waals surface area contributed by atoms with Crippen LogP contribution < -0.4 is 10.1 Å². The van der Waals surface area contributed by atoms with Crippen LogP contribution in [0, 0.1) is 0 Å². The molecule has 1 aromatic heterocycles. The Morgan fingerprint density at radius 1 is 1.26 bits per heavy atom. The lowest BCUT2D eigenvalue weighted by molar-refractivity contribution is 0.160. The van der Waals surface area contributed by atoms with Crippen molar-refractivity contribution < 1.29 is 9.47 Å². The number of fused-ring (bicyclic) bond motifs is 1. The molecule has 0 unspecified atom stereocenters. The maximum atomic E-state index is 5.54. The molecule has 0 atom stereocenters. The molecule has 1 heterocycles. The van der Waals surface area contributed by atoms with E-state index in [0.717, 1.165) is 22.3 Å². The number of methoxy groups -OCH3 is 1. The number of nitrogens with zero attached hydrogens (tertiary/aromatic N) is 1. The molecule has 0 radical (unpaired) electrons. The van der Waals surface area contributed by atoms with Crippen LogP contribution in [0.2, 0.25) is 0 Å². The number of pyridine rings is 1. The highest BCUT2D eigenvalue weighted by atomic mass is 35.5. The van der Waals surface area contributed by atoms with Gasteiger partial charge in [0, 0.05) is 24.0 Å². The van der Waals surface area contributed by atoms with Gasteiger partial charge in [-0.05, 0) is 23.6 Å². The van der Waals surface area contributed by atoms with Gasteiger partial charge in [0.1, 0.15) is 11.6 Å². The van der Waals surface area contributed by atoms with Gasteiger partial charge in [-0.1, -0.05) is 6.07 Å². The smallest absolute Gasteiger partial charge is 0.134 e. The average Bonchev–Trinajstić information content (AvgIpc) is 2.46. The molecular formula is C14H17ClN2O2. The first-order valence-corrected chi connectivity index (χ1v) is 6.69. The molecule has 102 valence electrons. The molecule has 0 bridgehead atoms. The lowest BCUT2D eigenvalue weighted by Gasteiger charge is -2.10. The summed E-state index contributed by atoms with van der Waals surface area (Å²) in [5.74, 6) is 2.18. The molecule has 0 fully saturated rings. The van der Waals surface area contributed by atoms with Crippen LogP contribution in [-0.4, -0.2) is 37.7 Å². The number of halogens is 1. The maximum absolute atomic E-state index is 5.54. The van der Waals surface area contributed by atoms with Crippen molar-refractivity contribution in [3.63, 3.8) is 0 Å². The van der Waals surface area contributed by atoms with Crippen LogP contribution in [0.5, 0.6) is 5.75 Å². The first-order valence-electron chi connectivity index (χ1n) is 6.15. The summed E-state index contributed by atoms with van der Waals surface area (Å²) in [6.07, 6.45) is 1.79. The number of benzene rings is 1. The van der Waals surface area contributed by atoms with Gasteiger partial charge >= 0.3 is 0 Å². The molecular weight excluding hydrogens is 264 g/mol. The molecule has 0 aliphatic heterocycles. The third kappa shape index (κ3) is 3.72. The summed E-state index contributed by atoms with van der Waals surface area (Å²) >= 11 is 5.54. The minimum absolute atomic E-state index is 0.518. The summed E-state index contributed by atoms with van der Waals surface area (Å²) in [6, 6.07) is 7.91.